The molecule has 1 fully saturated rings. The van der Waals surface area contributed by atoms with Gasteiger partial charge in [0.2, 0.25) is 5.91 Å². The Balaban J connectivity index is 1.63. The zero-order chi connectivity index (χ0) is 21.8. The molecule has 0 radical (unpaired) electrons. The fourth-order valence-electron chi connectivity index (χ4n) is 5.27. The first kappa shape index (κ1) is 19.5. The maximum atomic E-state index is 13.7. The number of likely N-dealkylation sites (tertiary alicyclic amines) is 1. The number of para-hydroxylation sites is 1. The number of rotatable bonds is 3. The SMILES string of the molecule is Cc1cc(C(=O)N2CC[C@]3(C(=O)Nc4ccccc43)[C@@H]2c2ccccc2)nn1C(C)C. The van der Waals surface area contributed by atoms with Crippen LogP contribution in [0, 0.1) is 6.92 Å². The highest BCUT2D eigenvalue weighted by Crippen LogP contribution is 2.54. The smallest absolute Gasteiger partial charge is 0.274 e. The van der Waals surface area contributed by atoms with Crippen LogP contribution >= 0.6 is 0 Å². The quantitative estimate of drug-likeness (QED) is 0.697. The summed E-state index contributed by atoms with van der Waals surface area (Å²) in [5.41, 5.74) is 3.34. The molecule has 0 bridgehead atoms. The fourth-order valence-corrected chi connectivity index (χ4v) is 5.27. The van der Waals surface area contributed by atoms with E-state index in [1.807, 2.05) is 91.0 Å². The van der Waals surface area contributed by atoms with Crippen LogP contribution in [-0.2, 0) is 10.2 Å². The Morgan fingerprint density at radius 2 is 1.84 bits per heavy atom. The number of amides is 2. The summed E-state index contributed by atoms with van der Waals surface area (Å²) in [5, 5.41) is 7.65. The van der Waals surface area contributed by atoms with Crippen LogP contribution in [0.25, 0.3) is 0 Å². The Hall–Kier alpha value is -3.41. The summed E-state index contributed by atoms with van der Waals surface area (Å²) >= 11 is 0. The fraction of sp³-hybridized carbons (Fsp3) is 0.320. The molecule has 3 heterocycles. The van der Waals surface area contributed by atoms with E-state index in [0.717, 1.165) is 22.5 Å². The van der Waals surface area contributed by atoms with Crippen LogP contribution in [-0.4, -0.2) is 33.0 Å². The van der Waals surface area contributed by atoms with E-state index in [9.17, 15) is 9.59 Å². The largest absolute Gasteiger partial charge is 0.329 e. The third-order valence-corrected chi connectivity index (χ3v) is 6.59. The lowest BCUT2D eigenvalue weighted by Gasteiger charge is -2.34. The van der Waals surface area contributed by atoms with Crippen molar-refractivity contribution in [3.05, 3.63) is 83.2 Å². The van der Waals surface area contributed by atoms with Crippen molar-refractivity contribution >= 4 is 17.5 Å². The number of nitrogens with zero attached hydrogens (tertiary/aromatic N) is 3. The third-order valence-electron chi connectivity index (χ3n) is 6.59. The molecule has 6 nitrogen and oxygen atoms in total. The van der Waals surface area contributed by atoms with E-state index in [0.29, 0.717) is 18.7 Å². The minimum Gasteiger partial charge on any atom is -0.329 e. The molecule has 0 saturated carbocycles. The zero-order valence-corrected chi connectivity index (χ0v) is 18.0. The van der Waals surface area contributed by atoms with Gasteiger partial charge in [-0.05, 0) is 50.5 Å². The van der Waals surface area contributed by atoms with Crippen LogP contribution in [0.4, 0.5) is 5.69 Å². The lowest BCUT2D eigenvalue weighted by molar-refractivity contribution is -0.121. The van der Waals surface area contributed by atoms with Crippen LogP contribution in [0.2, 0.25) is 0 Å². The van der Waals surface area contributed by atoms with Crippen molar-refractivity contribution in [1.82, 2.24) is 14.7 Å². The molecule has 31 heavy (non-hydrogen) atoms. The Kier molecular flexibility index (Phi) is 4.46. The molecule has 0 unspecified atom stereocenters. The summed E-state index contributed by atoms with van der Waals surface area (Å²) in [4.78, 5) is 29.0. The molecule has 2 aromatic carbocycles. The first-order valence-electron chi connectivity index (χ1n) is 10.8. The lowest BCUT2D eigenvalue weighted by atomic mass is 9.72. The van der Waals surface area contributed by atoms with Gasteiger partial charge in [0.1, 0.15) is 5.41 Å². The summed E-state index contributed by atoms with van der Waals surface area (Å²) < 4.78 is 1.87. The zero-order valence-electron chi connectivity index (χ0n) is 18.0. The van der Waals surface area contributed by atoms with Crippen LogP contribution < -0.4 is 5.32 Å². The van der Waals surface area contributed by atoms with E-state index >= 15 is 0 Å². The number of fused-ring (bicyclic) bond motifs is 2. The lowest BCUT2D eigenvalue weighted by Crippen LogP contribution is -2.42. The van der Waals surface area contributed by atoms with Gasteiger partial charge in [0.15, 0.2) is 5.69 Å². The van der Waals surface area contributed by atoms with E-state index in [4.69, 9.17) is 0 Å². The predicted octanol–water partition coefficient (Wildman–Crippen LogP) is 4.25. The first-order chi connectivity index (χ1) is 14.9. The van der Waals surface area contributed by atoms with E-state index in [1.54, 1.807) is 0 Å². The van der Waals surface area contributed by atoms with Crippen LogP contribution in [0.1, 0.15) is 59.7 Å². The van der Waals surface area contributed by atoms with Gasteiger partial charge < -0.3 is 10.2 Å². The number of benzene rings is 2. The Morgan fingerprint density at radius 3 is 2.55 bits per heavy atom. The summed E-state index contributed by atoms with van der Waals surface area (Å²) in [6, 6.07) is 19.3. The van der Waals surface area contributed by atoms with Crippen molar-refractivity contribution in [2.24, 2.45) is 0 Å². The Morgan fingerprint density at radius 1 is 1.13 bits per heavy atom. The second-order valence-corrected chi connectivity index (χ2v) is 8.74. The minimum absolute atomic E-state index is 0.0401. The Labute approximate surface area is 181 Å². The van der Waals surface area contributed by atoms with Crippen molar-refractivity contribution in [3.8, 4) is 0 Å². The van der Waals surface area contributed by atoms with E-state index in [1.165, 1.54) is 0 Å². The van der Waals surface area contributed by atoms with E-state index in [-0.39, 0.29) is 17.9 Å². The molecule has 2 atom stereocenters. The normalized spacial score (nSPS) is 22.3. The first-order valence-corrected chi connectivity index (χ1v) is 10.8. The van der Waals surface area contributed by atoms with Crippen molar-refractivity contribution in [1.29, 1.82) is 0 Å². The molecule has 5 rings (SSSR count). The molecule has 1 N–H and O–H groups in total. The van der Waals surface area contributed by atoms with Gasteiger partial charge in [0.25, 0.3) is 5.91 Å². The van der Waals surface area contributed by atoms with Gasteiger partial charge >= 0.3 is 0 Å². The molecular formula is C25H26N4O2. The number of carbonyl (C=O) groups is 2. The summed E-state index contributed by atoms with van der Waals surface area (Å²) in [5.74, 6) is -0.174. The number of carbonyl (C=O) groups excluding carboxylic acids is 2. The van der Waals surface area contributed by atoms with Gasteiger partial charge in [-0.3, -0.25) is 14.3 Å². The molecular weight excluding hydrogens is 388 g/mol. The van der Waals surface area contributed by atoms with Gasteiger partial charge in [0, 0.05) is 24.0 Å². The summed E-state index contributed by atoms with van der Waals surface area (Å²) in [6.45, 7) is 6.55. The van der Waals surface area contributed by atoms with Gasteiger partial charge in [-0.2, -0.15) is 5.10 Å². The molecule has 2 aliphatic rings. The van der Waals surface area contributed by atoms with Crippen LogP contribution in [0.15, 0.2) is 60.7 Å². The number of nitrogens with one attached hydrogen (secondary N) is 1. The molecule has 1 spiro atoms. The van der Waals surface area contributed by atoms with Crippen molar-refractivity contribution < 1.29 is 9.59 Å². The predicted molar refractivity (Wildman–Crippen MR) is 119 cm³/mol. The highest BCUT2D eigenvalue weighted by Gasteiger charge is 2.59. The van der Waals surface area contributed by atoms with Gasteiger partial charge in [-0.1, -0.05) is 48.5 Å². The van der Waals surface area contributed by atoms with E-state index in [2.05, 4.69) is 10.4 Å². The second kappa shape index (κ2) is 7.08. The monoisotopic (exact) mass is 414 g/mol. The molecule has 2 aliphatic heterocycles. The third kappa shape index (κ3) is 2.81. The number of hydrogen-bond acceptors (Lipinski definition) is 3. The van der Waals surface area contributed by atoms with Crippen molar-refractivity contribution in [2.75, 3.05) is 11.9 Å². The molecule has 1 aromatic heterocycles. The number of hydrogen-bond donors (Lipinski definition) is 1. The molecule has 158 valence electrons. The number of aryl methyl sites for hydroxylation is 1. The molecule has 1 saturated heterocycles. The van der Waals surface area contributed by atoms with Gasteiger partial charge in [-0.15, -0.1) is 0 Å². The standard InChI is InChI=1S/C25H26N4O2/c1-16(2)29-17(3)15-21(27-29)23(30)28-14-13-25(22(28)18-9-5-4-6-10-18)19-11-7-8-12-20(19)26-24(25)31/h4-12,15-16,22H,13-14H2,1-3H3,(H,26,31)/t22-,25+/m0/s1. The second-order valence-electron chi connectivity index (χ2n) is 8.74. The highest BCUT2D eigenvalue weighted by molar-refractivity contribution is 6.08. The molecule has 3 aromatic rings. The average Bonchev–Trinajstić information content (AvgIpc) is 3.43. The maximum Gasteiger partial charge on any atom is 0.274 e. The van der Waals surface area contributed by atoms with Crippen molar-refractivity contribution in [3.63, 3.8) is 0 Å². The molecule has 0 aliphatic carbocycles. The van der Waals surface area contributed by atoms with Crippen LogP contribution in [0.5, 0.6) is 0 Å². The topological polar surface area (TPSA) is 67.2 Å². The van der Waals surface area contributed by atoms with Gasteiger partial charge in [0.05, 0.1) is 6.04 Å². The van der Waals surface area contributed by atoms with Gasteiger partial charge in [-0.25, -0.2) is 0 Å². The maximum absolute atomic E-state index is 13.7. The van der Waals surface area contributed by atoms with E-state index < -0.39 is 11.5 Å². The van der Waals surface area contributed by atoms with Crippen LogP contribution in [0.3, 0.4) is 0 Å². The number of anilines is 1. The minimum atomic E-state index is -0.802. The Bertz CT molecular complexity index is 1170. The number of aromatic nitrogens is 2. The average molecular weight is 415 g/mol. The highest BCUT2D eigenvalue weighted by atomic mass is 16.2. The summed E-state index contributed by atoms with van der Waals surface area (Å²) in [6.07, 6.45) is 0.574. The molecule has 2 amide bonds. The van der Waals surface area contributed by atoms with Crippen molar-refractivity contribution in [2.45, 2.75) is 44.7 Å². The summed E-state index contributed by atoms with van der Waals surface area (Å²) in [7, 11) is 0. The molecule has 6 heteroatoms.